The van der Waals surface area contributed by atoms with Gasteiger partial charge < -0.3 is 10.1 Å². The smallest absolute Gasteiger partial charge is 0.274 e. The first-order valence-corrected chi connectivity index (χ1v) is 9.66. The average Bonchev–Trinajstić information content (AvgIpc) is 3.20. The van der Waals surface area contributed by atoms with Crippen LogP contribution < -0.4 is 15.4 Å². The number of carbonyl (C=O) groups is 5. The van der Waals surface area contributed by atoms with Crippen molar-refractivity contribution in [3.05, 3.63) is 40.6 Å². The van der Waals surface area contributed by atoms with Crippen molar-refractivity contribution in [3.63, 3.8) is 0 Å². The zero-order chi connectivity index (χ0) is 22.3. The molecule has 11 nitrogen and oxygen atoms in total. The number of amides is 5. The highest BCUT2D eigenvalue weighted by molar-refractivity contribution is 6.24. The Bertz CT molecular complexity index is 1140. The van der Waals surface area contributed by atoms with Gasteiger partial charge in [0, 0.05) is 17.7 Å². The Hall–Kier alpha value is -4.02. The minimum Gasteiger partial charge on any atom is -0.477 e. The van der Waals surface area contributed by atoms with Crippen LogP contribution >= 0.6 is 0 Å². The molecule has 3 N–H and O–H groups in total. The van der Waals surface area contributed by atoms with Crippen molar-refractivity contribution in [2.24, 2.45) is 0 Å². The van der Waals surface area contributed by atoms with Gasteiger partial charge in [0.25, 0.3) is 17.7 Å². The van der Waals surface area contributed by atoms with Crippen LogP contribution in [-0.4, -0.2) is 57.3 Å². The third kappa shape index (κ3) is 3.43. The number of imide groups is 2. The third-order valence-corrected chi connectivity index (χ3v) is 5.17. The summed E-state index contributed by atoms with van der Waals surface area (Å²) in [6, 6.07) is 3.25. The minimum atomic E-state index is -1.05. The first kappa shape index (κ1) is 20.3. The number of piperidine rings is 1. The second-order valence-electron chi connectivity index (χ2n) is 7.12. The van der Waals surface area contributed by atoms with Gasteiger partial charge in [-0.05, 0) is 38.5 Å². The van der Waals surface area contributed by atoms with Crippen molar-refractivity contribution >= 4 is 35.2 Å². The maximum absolute atomic E-state index is 12.9. The molecule has 160 valence electrons. The van der Waals surface area contributed by atoms with Gasteiger partial charge in [-0.15, -0.1) is 5.10 Å². The van der Waals surface area contributed by atoms with Crippen LogP contribution in [0.1, 0.15) is 56.5 Å². The maximum Gasteiger partial charge on any atom is 0.274 e. The maximum atomic E-state index is 12.9. The zero-order valence-electron chi connectivity index (χ0n) is 16.8. The van der Waals surface area contributed by atoms with Crippen LogP contribution in [0.5, 0.6) is 5.88 Å². The summed E-state index contributed by atoms with van der Waals surface area (Å²) in [7, 11) is 0. The summed E-state index contributed by atoms with van der Waals surface area (Å²) >= 11 is 0. The number of anilines is 1. The highest BCUT2D eigenvalue weighted by atomic mass is 16.5. The Morgan fingerprint density at radius 3 is 2.68 bits per heavy atom. The van der Waals surface area contributed by atoms with Crippen LogP contribution in [-0.2, 0) is 9.59 Å². The number of ether oxygens (including phenoxy) is 1. The van der Waals surface area contributed by atoms with E-state index < -0.39 is 35.6 Å². The van der Waals surface area contributed by atoms with Gasteiger partial charge in [0.2, 0.25) is 17.7 Å². The van der Waals surface area contributed by atoms with E-state index in [-0.39, 0.29) is 29.7 Å². The largest absolute Gasteiger partial charge is 0.477 e. The molecule has 5 amide bonds. The monoisotopic (exact) mass is 425 g/mol. The van der Waals surface area contributed by atoms with Gasteiger partial charge >= 0.3 is 0 Å². The van der Waals surface area contributed by atoms with E-state index in [1.807, 2.05) is 0 Å². The highest BCUT2D eigenvalue weighted by Crippen LogP contribution is 2.30. The molecule has 1 saturated heterocycles. The highest BCUT2D eigenvalue weighted by Gasteiger charge is 2.44. The summed E-state index contributed by atoms with van der Waals surface area (Å²) < 4.78 is 5.33. The van der Waals surface area contributed by atoms with Crippen LogP contribution in [0, 0.1) is 6.92 Å². The molecule has 0 saturated carbocycles. The molecule has 0 aliphatic carbocycles. The molecule has 3 heterocycles. The molecule has 1 fully saturated rings. The number of fused-ring (bicyclic) bond motifs is 1. The molecule has 1 unspecified atom stereocenters. The third-order valence-electron chi connectivity index (χ3n) is 5.17. The number of nitrogens with zero attached hydrogens (tertiary/aromatic N) is 2. The van der Waals surface area contributed by atoms with Crippen LogP contribution in [0.4, 0.5) is 5.69 Å². The SMILES string of the molecule is CCOc1n[nH]c(C(=O)Nc2ccc3c(c2)C(=O)N(C2CCC(=O)NC2=O)C3=O)c1C. The molecule has 2 aliphatic heterocycles. The molecule has 2 aromatic rings. The second kappa shape index (κ2) is 7.67. The van der Waals surface area contributed by atoms with E-state index >= 15 is 0 Å². The molecule has 1 aromatic heterocycles. The van der Waals surface area contributed by atoms with Crippen molar-refractivity contribution in [2.75, 3.05) is 11.9 Å². The topological polar surface area (TPSA) is 151 Å². The fourth-order valence-electron chi connectivity index (χ4n) is 3.62. The number of H-pyrrole nitrogens is 1. The van der Waals surface area contributed by atoms with Crippen molar-refractivity contribution in [1.82, 2.24) is 20.4 Å². The summed E-state index contributed by atoms with van der Waals surface area (Å²) in [4.78, 5) is 62.5. The standard InChI is InChI=1S/C20H19N5O6/c1-3-31-18-9(2)15(23-24-18)17(28)21-10-4-5-11-12(8-10)20(30)25(19(11)29)13-6-7-14(26)22-16(13)27/h4-5,8,13H,3,6-7H2,1-2H3,(H,21,28)(H,23,24)(H,22,26,27). The van der Waals surface area contributed by atoms with E-state index in [2.05, 4.69) is 20.8 Å². The van der Waals surface area contributed by atoms with Crippen molar-refractivity contribution in [3.8, 4) is 5.88 Å². The lowest BCUT2D eigenvalue weighted by molar-refractivity contribution is -0.136. The van der Waals surface area contributed by atoms with E-state index in [9.17, 15) is 24.0 Å². The fraction of sp³-hybridized carbons (Fsp3) is 0.300. The Morgan fingerprint density at radius 1 is 1.23 bits per heavy atom. The zero-order valence-corrected chi connectivity index (χ0v) is 16.8. The number of aromatic amines is 1. The quantitative estimate of drug-likeness (QED) is 0.599. The van der Waals surface area contributed by atoms with E-state index in [1.165, 1.54) is 18.2 Å². The van der Waals surface area contributed by atoms with Gasteiger partial charge in [-0.3, -0.25) is 39.3 Å². The first-order valence-electron chi connectivity index (χ1n) is 9.66. The minimum absolute atomic E-state index is 0.0401. The second-order valence-corrected chi connectivity index (χ2v) is 7.12. The summed E-state index contributed by atoms with van der Waals surface area (Å²) in [6.07, 6.45) is 0.110. The number of aromatic nitrogens is 2. The first-order chi connectivity index (χ1) is 14.8. The van der Waals surface area contributed by atoms with Crippen LogP contribution in [0.15, 0.2) is 18.2 Å². The Kier molecular flexibility index (Phi) is 5.01. The van der Waals surface area contributed by atoms with Gasteiger partial charge in [0.1, 0.15) is 11.7 Å². The lowest BCUT2D eigenvalue weighted by Gasteiger charge is -2.27. The number of rotatable bonds is 5. The number of carbonyl (C=O) groups excluding carboxylic acids is 5. The van der Waals surface area contributed by atoms with E-state index in [0.717, 1.165) is 4.90 Å². The molecular formula is C20H19N5O6. The Morgan fingerprint density at radius 2 is 1.97 bits per heavy atom. The normalized spacial score (nSPS) is 18.1. The number of benzene rings is 1. The number of hydrogen-bond acceptors (Lipinski definition) is 7. The van der Waals surface area contributed by atoms with Crippen molar-refractivity contribution < 1.29 is 28.7 Å². The fourth-order valence-corrected chi connectivity index (χ4v) is 3.62. The molecule has 2 aliphatic rings. The molecule has 4 rings (SSSR count). The number of nitrogens with one attached hydrogen (secondary N) is 3. The Balaban J connectivity index is 1.55. The average molecular weight is 425 g/mol. The molecule has 31 heavy (non-hydrogen) atoms. The molecular weight excluding hydrogens is 406 g/mol. The summed E-state index contributed by atoms with van der Waals surface area (Å²) in [5.74, 6) is -2.55. The number of hydrogen-bond donors (Lipinski definition) is 3. The van der Waals surface area contributed by atoms with E-state index in [1.54, 1.807) is 13.8 Å². The lowest BCUT2D eigenvalue weighted by Crippen LogP contribution is -2.54. The molecule has 1 aromatic carbocycles. The predicted molar refractivity (Wildman–Crippen MR) is 106 cm³/mol. The molecule has 0 spiro atoms. The van der Waals surface area contributed by atoms with Gasteiger partial charge in [0.05, 0.1) is 17.7 Å². The molecule has 11 heteroatoms. The molecule has 0 bridgehead atoms. The summed E-state index contributed by atoms with van der Waals surface area (Å²) in [5.41, 5.74) is 1.24. The molecule has 1 atom stereocenters. The van der Waals surface area contributed by atoms with Crippen LogP contribution in [0.25, 0.3) is 0 Å². The summed E-state index contributed by atoms with van der Waals surface area (Å²) in [5, 5.41) is 11.4. The lowest BCUT2D eigenvalue weighted by atomic mass is 10.0. The predicted octanol–water partition coefficient (Wildman–Crippen LogP) is 0.770. The Labute approximate surface area is 176 Å². The van der Waals surface area contributed by atoms with E-state index in [0.29, 0.717) is 23.7 Å². The van der Waals surface area contributed by atoms with Gasteiger partial charge in [-0.2, -0.15) is 0 Å². The van der Waals surface area contributed by atoms with Crippen LogP contribution in [0.2, 0.25) is 0 Å². The van der Waals surface area contributed by atoms with Gasteiger partial charge in [-0.1, -0.05) is 0 Å². The summed E-state index contributed by atoms with van der Waals surface area (Å²) in [6.45, 7) is 3.89. The van der Waals surface area contributed by atoms with Crippen molar-refractivity contribution in [1.29, 1.82) is 0 Å². The van der Waals surface area contributed by atoms with E-state index in [4.69, 9.17) is 4.74 Å². The van der Waals surface area contributed by atoms with Gasteiger partial charge in [0.15, 0.2) is 0 Å². The van der Waals surface area contributed by atoms with Gasteiger partial charge in [-0.25, -0.2) is 0 Å². The van der Waals surface area contributed by atoms with Crippen LogP contribution in [0.3, 0.4) is 0 Å². The van der Waals surface area contributed by atoms with Crippen molar-refractivity contribution in [2.45, 2.75) is 32.7 Å². The molecule has 0 radical (unpaired) electrons.